The molecule has 0 aromatic carbocycles. The highest BCUT2D eigenvalue weighted by molar-refractivity contribution is 5.74. The lowest BCUT2D eigenvalue weighted by Gasteiger charge is -2.57. The Morgan fingerprint density at radius 3 is 2.83 bits per heavy atom. The fourth-order valence-electron chi connectivity index (χ4n) is 4.27. The van der Waals surface area contributed by atoms with Crippen LogP contribution in [0.5, 0.6) is 0 Å². The first kappa shape index (κ1) is 17.2. The highest BCUT2D eigenvalue weighted by Crippen LogP contribution is 2.53. The third kappa shape index (κ3) is 3.14. The van der Waals surface area contributed by atoms with Crippen molar-refractivity contribution in [3.05, 3.63) is 12.2 Å². The molecule has 2 saturated carbocycles. The molecule has 2 atom stereocenters. The average Bonchev–Trinajstić information content (AvgIpc) is 2.99. The molecule has 0 bridgehead atoms. The van der Waals surface area contributed by atoms with Crippen LogP contribution < -0.4 is 5.32 Å². The van der Waals surface area contributed by atoms with Gasteiger partial charge in [-0.25, -0.2) is 9.78 Å². The number of aryl methyl sites for hydroxylation is 1. The molecule has 134 valence electrons. The predicted molar refractivity (Wildman–Crippen MR) is 90.3 cm³/mol. The molecule has 2 amide bonds. The van der Waals surface area contributed by atoms with E-state index < -0.39 is 0 Å². The summed E-state index contributed by atoms with van der Waals surface area (Å²) in [4.78, 5) is 18.4. The van der Waals surface area contributed by atoms with Gasteiger partial charge in [0.05, 0.1) is 12.6 Å². The van der Waals surface area contributed by atoms with Crippen molar-refractivity contribution in [1.82, 2.24) is 25.0 Å². The number of carbonyl (C=O) groups is 1. The van der Waals surface area contributed by atoms with E-state index in [-0.39, 0.29) is 17.5 Å². The highest BCUT2D eigenvalue weighted by Gasteiger charge is 2.56. The minimum Gasteiger partial charge on any atom is -0.378 e. The molecular formula is C17H29N5O2. The molecule has 1 aromatic rings. The molecule has 2 aliphatic rings. The molecule has 1 aromatic heterocycles. The zero-order valence-electron chi connectivity index (χ0n) is 15.0. The number of carbonyl (C=O) groups excluding carboxylic acids is 1. The second-order valence-electron chi connectivity index (χ2n) is 7.13. The van der Waals surface area contributed by atoms with Crippen molar-refractivity contribution in [3.8, 4) is 0 Å². The molecule has 2 aliphatic carbocycles. The number of nitrogens with zero attached hydrogens (tertiary/aromatic N) is 4. The van der Waals surface area contributed by atoms with E-state index in [0.717, 1.165) is 31.7 Å². The molecule has 2 fully saturated rings. The molecule has 0 radical (unpaired) electrons. The Morgan fingerprint density at radius 1 is 1.46 bits per heavy atom. The van der Waals surface area contributed by atoms with E-state index in [1.165, 1.54) is 25.6 Å². The lowest BCUT2D eigenvalue weighted by Crippen LogP contribution is -2.66. The van der Waals surface area contributed by atoms with Gasteiger partial charge in [0.2, 0.25) is 0 Å². The maximum atomic E-state index is 12.6. The SMILES string of the molecule is CCO[C@H]1C[C@@H](NC(=O)N(C)Cc2ncnn2C)C12CCCCC2. The smallest absolute Gasteiger partial charge is 0.317 e. The van der Waals surface area contributed by atoms with Crippen LogP contribution in [-0.4, -0.2) is 51.5 Å². The van der Waals surface area contributed by atoms with Crippen LogP contribution in [0.2, 0.25) is 0 Å². The fraction of sp³-hybridized carbons (Fsp3) is 0.824. The largest absolute Gasteiger partial charge is 0.378 e. The lowest BCUT2D eigenvalue weighted by atomic mass is 9.55. The maximum absolute atomic E-state index is 12.6. The average molecular weight is 335 g/mol. The standard InChI is InChI=1S/C17H29N5O2/c1-4-24-14-10-13(17(14)8-6-5-7-9-17)20-16(23)21(2)11-15-18-12-19-22(15)3/h12-14H,4-11H2,1-3H3,(H,20,23)/t13-,14+/m1/s1. The van der Waals surface area contributed by atoms with Gasteiger partial charge < -0.3 is 15.0 Å². The van der Waals surface area contributed by atoms with E-state index >= 15 is 0 Å². The van der Waals surface area contributed by atoms with E-state index in [0.29, 0.717) is 12.6 Å². The monoisotopic (exact) mass is 335 g/mol. The third-order valence-electron chi connectivity index (χ3n) is 5.77. The van der Waals surface area contributed by atoms with Gasteiger partial charge in [0.15, 0.2) is 0 Å². The first-order valence-corrected chi connectivity index (χ1v) is 9.03. The Kier molecular flexibility index (Phi) is 5.08. The Hall–Kier alpha value is -1.63. The number of aromatic nitrogens is 3. The van der Waals surface area contributed by atoms with Gasteiger partial charge in [-0.05, 0) is 26.2 Å². The number of nitrogens with one attached hydrogen (secondary N) is 1. The normalized spacial score (nSPS) is 25.3. The minimum atomic E-state index is -0.0390. The van der Waals surface area contributed by atoms with Crippen LogP contribution in [0.1, 0.15) is 51.3 Å². The summed E-state index contributed by atoms with van der Waals surface area (Å²) in [6.07, 6.45) is 8.85. The number of hydrogen-bond donors (Lipinski definition) is 1. The first-order chi connectivity index (χ1) is 11.6. The summed E-state index contributed by atoms with van der Waals surface area (Å²) in [5.74, 6) is 0.779. The zero-order valence-corrected chi connectivity index (χ0v) is 15.0. The van der Waals surface area contributed by atoms with Gasteiger partial charge in [-0.2, -0.15) is 5.10 Å². The number of amides is 2. The summed E-state index contributed by atoms with van der Waals surface area (Å²) in [5, 5.41) is 7.29. The number of ether oxygens (including phenoxy) is 1. The molecule has 0 saturated heterocycles. The summed E-state index contributed by atoms with van der Waals surface area (Å²) in [7, 11) is 3.64. The summed E-state index contributed by atoms with van der Waals surface area (Å²) in [6.45, 7) is 3.26. The fourth-order valence-corrected chi connectivity index (χ4v) is 4.27. The van der Waals surface area contributed by atoms with Crippen molar-refractivity contribution >= 4 is 6.03 Å². The van der Waals surface area contributed by atoms with Crippen molar-refractivity contribution in [2.75, 3.05) is 13.7 Å². The molecule has 1 spiro atoms. The van der Waals surface area contributed by atoms with Crippen LogP contribution in [0.25, 0.3) is 0 Å². The van der Waals surface area contributed by atoms with Crippen molar-refractivity contribution in [3.63, 3.8) is 0 Å². The minimum absolute atomic E-state index is 0.0390. The Balaban J connectivity index is 1.60. The molecule has 1 N–H and O–H groups in total. The van der Waals surface area contributed by atoms with E-state index in [9.17, 15) is 4.79 Å². The van der Waals surface area contributed by atoms with Gasteiger partial charge in [0.25, 0.3) is 0 Å². The van der Waals surface area contributed by atoms with Crippen molar-refractivity contribution in [2.45, 2.75) is 64.1 Å². The second-order valence-corrected chi connectivity index (χ2v) is 7.13. The first-order valence-electron chi connectivity index (χ1n) is 9.03. The molecule has 1 heterocycles. The maximum Gasteiger partial charge on any atom is 0.317 e. The van der Waals surface area contributed by atoms with Gasteiger partial charge >= 0.3 is 6.03 Å². The topological polar surface area (TPSA) is 72.3 Å². The molecule has 3 rings (SSSR count). The van der Waals surface area contributed by atoms with Crippen LogP contribution in [0.3, 0.4) is 0 Å². The van der Waals surface area contributed by atoms with Gasteiger partial charge in [0.1, 0.15) is 12.2 Å². The summed E-state index contributed by atoms with van der Waals surface area (Å²) in [6, 6.07) is 0.187. The summed E-state index contributed by atoms with van der Waals surface area (Å²) < 4.78 is 7.65. The second kappa shape index (κ2) is 7.09. The van der Waals surface area contributed by atoms with Gasteiger partial charge in [-0.15, -0.1) is 0 Å². The lowest BCUT2D eigenvalue weighted by molar-refractivity contribution is -0.147. The number of hydrogen-bond acceptors (Lipinski definition) is 4. The Bertz CT molecular complexity index is 567. The molecule has 7 heteroatoms. The highest BCUT2D eigenvalue weighted by atomic mass is 16.5. The number of urea groups is 1. The molecule has 7 nitrogen and oxygen atoms in total. The molecule has 24 heavy (non-hydrogen) atoms. The van der Waals surface area contributed by atoms with Crippen LogP contribution in [0, 0.1) is 5.41 Å². The molecule has 0 aliphatic heterocycles. The van der Waals surface area contributed by atoms with Gasteiger partial charge in [-0.3, -0.25) is 4.68 Å². The van der Waals surface area contributed by atoms with E-state index in [4.69, 9.17) is 4.74 Å². The van der Waals surface area contributed by atoms with Gasteiger partial charge in [0, 0.05) is 32.2 Å². The van der Waals surface area contributed by atoms with Crippen LogP contribution in [-0.2, 0) is 18.3 Å². The summed E-state index contributed by atoms with van der Waals surface area (Å²) >= 11 is 0. The van der Waals surface area contributed by atoms with Crippen LogP contribution in [0.4, 0.5) is 4.79 Å². The quantitative estimate of drug-likeness (QED) is 0.894. The predicted octanol–water partition coefficient (Wildman–Crippen LogP) is 2.08. The van der Waals surface area contributed by atoms with Crippen LogP contribution in [0.15, 0.2) is 6.33 Å². The van der Waals surface area contributed by atoms with Gasteiger partial charge in [-0.1, -0.05) is 19.3 Å². The third-order valence-corrected chi connectivity index (χ3v) is 5.77. The van der Waals surface area contributed by atoms with Crippen molar-refractivity contribution in [1.29, 1.82) is 0 Å². The van der Waals surface area contributed by atoms with E-state index in [1.54, 1.807) is 16.6 Å². The van der Waals surface area contributed by atoms with Crippen LogP contribution >= 0.6 is 0 Å². The van der Waals surface area contributed by atoms with E-state index in [2.05, 4.69) is 22.3 Å². The van der Waals surface area contributed by atoms with Crippen molar-refractivity contribution in [2.24, 2.45) is 12.5 Å². The zero-order chi connectivity index (χ0) is 17.2. The Labute approximate surface area is 143 Å². The number of rotatable bonds is 5. The van der Waals surface area contributed by atoms with E-state index in [1.807, 2.05) is 7.05 Å². The summed E-state index contributed by atoms with van der Waals surface area (Å²) in [5.41, 5.74) is 0.148. The van der Waals surface area contributed by atoms with Crippen molar-refractivity contribution < 1.29 is 9.53 Å². The molecule has 0 unspecified atom stereocenters. The molecular weight excluding hydrogens is 306 g/mol. The Morgan fingerprint density at radius 2 is 2.21 bits per heavy atom.